The summed E-state index contributed by atoms with van der Waals surface area (Å²) >= 11 is 0. The van der Waals surface area contributed by atoms with Crippen molar-refractivity contribution in [3.05, 3.63) is 54.5 Å². The van der Waals surface area contributed by atoms with Gasteiger partial charge >= 0.3 is 0 Å². The van der Waals surface area contributed by atoms with Crippen LogP contribution in [0, 0.1) is 0 Å². The highest BCUT2D eigenvalue weighted by Gasteiger charge is 2.27. The van der Waals surface area contributed by atoms with Crippen molar-refractivity contribution < 1.29 is 28.2 Å². The van der Waals surface area contributed by atoms with Crippen molar-refractivity contribution in [2.24, 2.45) is 0 Å². The quantitative estimate of drug-likeness (QED) is 0.362. The summed E-state index contributed by atoms with van der Waals surface area (Å²) in [5.41, 5.74) is 1.60. The Morgan fingerprint density at radius 1 is 0.927 bits per heavy atom. The molecule has 0 aliphatic carbocycles. The topological polar surface area (TPSA) is 114 Å². The van der Waals surface area contributed by atoms with Gasteiger partial charge in [0.05, 0.1) is 39.4 Å². The number of methoxy groups -OCH3 is 2. The minimum atomic E-state index is -0.278. The zero-order valence-electron chi connectivity index (χ0n) is 23.5. The first-order valence-electron chi connectivity index (χ1n) is 13.8. The highest BCUT2D eigenvalue weighted by molar-refractivity contribution is 5.94. The Kier molecular flexibility index (Phi) is 9.32. The van der Waals surface area contributed by atoms with E-state index in [1.165, 1.54) is 6.26 Å². The summed E-state index contributed by atoms with van der Waals surface area (Å²) in [7, 11) is 3.20. The van der Waals surface area contributed by atoms with Crippen LogP contribution in [0.4, 0.5) is 5.82 Å². The molecule has 1 aromatic carbocycles. The number of nitrogens with zero attached hydrogens (tertiary/aromatic N) is 6. The molecule has 5 rings (SSSR count). The second-order valence-corrected chi connectivity index (χ2v) is 9.87. The highest BCUT2D eigenvalue weighted by atomic mass is 16.5. The maximum absolute atomic E-state index is 13.3. The fraction of sp³-hybridized carbons (Fsp3) is 0.448. The van der Waals surface area contributed by atoms with Gasteiger partial charge in [-0.1, -0.05) is 0 Å². The molecule has 218 valence electrons. The van der Waals surface area contributed by atoms with E-state index >= 15 is 0 Å². The summed E-state index contributed by atoms with van der Waals surface area (Å²) in [4.78, 5) is 34.1. The van der Waals surface area contributed by atoms with E-state index in [9.17, 15) is 9.59 Å². The molecule has 2 amide bonds. The van der Waals surface area contributed by atoms with E-state index in [-0.39, 0.29) is 24.1 Å². The SMILES string of the molecule is COc1ccc(-c2ccc(N3CCN(C(=O)CN(CCN4CCOCC4)C(=O)c4ccco4)CC3)nn2)cc1OC. The number of benzene rings is 1. The van der Waals surface area contributed by atoms with Gasteiger partial charge in [0.25, 0.3) is 5.91 Å². The van der Waals surface area contributed by atoms with E-state index in [4.69, 9.17) is 18.6 Å². The number of amides is 2. The van der Waals surface area contributed by atoms with E-state index in [2.05, 4.69) is 20.0 Å². The van der Waals surface area contributed by atoms with Crippen LogP contribution in [0.15, 0.2) is 53.1 Å². The average molecular weight is 565 g/mol. The molecule has 41 heavy (non-hydrogen) atoms. The first-order valence-corrected chi connectivity index (χ1v) is 13.8. The predicted octanol–water partition coefficient (Wildman–Crippen LogP) is 1.88. The number of furan rings is 1. The molecular weight excluding hydrogens is 528 g/mol. The number of piperazine rings is 1. The number of carbonyl (C=O) groups excluding carboxylic acids is 2. The Morgan fingerprint density at radius 3 is 2.37 bits per heavy atom. The van der Waals surface area contributed by atoms with E-state index in [1.54, 1.807) is 36.2 Å². The molecule has 12 heteroatoms. The molecule has 2 aromatic heterocycles. The number of hydrogen-bond donors (Lipinski definition) is 0. The molecule has 0 radical (unpaired) electrons. The molecule has 0 N–H and O–H groups in total. The lowest BCUT2D eigenvalue weighted by Gasteiger charge is -2.36. The zero-order chi connectivity index (χ0) is 28.6. The Bertz CT molecular complexity index is 1290. The van der Waals surface area contributed by atoms with Gasteiger partial charge in [-0.05, 0) is 42.5 Å². The van der Waals surface area contributed by atoms with Gasteiger partial charge in [0.1, 0.15) is 6.54 Å². The molecule has 2 saturated heterocycles. The summed E-state index contributed by atoms with van der Waals surface area (Å²) in [5.74, 6) is 1.91. The molecule has 2 aliphatic rings. The largest absolute Gasteiger partial charge is 0.493 e. The normalized spacial score (nSPS) is 16.0. The van der Waals surface area contributed by atoms with Gasteiger partial charge in [-0.3, -0.25) is 14.5 Å². The van der Waals surface area contributed by atoms with Crippen molar-refractivity contribution in [3.8, 4) is 22.8 Å². The van der Waals surface area contributed by atoms with Crippen LogP contribution in [0.2, 0.25) is 0 Å². The number of carbonyl (C=O) groups is 2. The maximum Gasteiger partial charge on any atom is 0.290 e. The smallest absolute Gasteiger partial charge is 0.290 e. The Balaban J connectivity index is 1.17. The lowest BCUT2D eigenvalue weighted by atomic mass is 10.1. The van der Waals surface area contributed by atoms with Gasteiger partial charge in [0.2, 0.25) is 5.91 Å². The summed E-state index contributed by atoms with van der Waals surface area (Å²) in [6, 6.07) is 12.8. The van der Waals surface area contributed by atoms with Crippen LogP contribution in [0.1, 0.15) is 10.6 Å². The number of rotatable bonds is 10. The van der Waals surface area contributed by atoms with Gasteiger partial charge in [0.15, 0.2) is 23.1 Å². The molecule has 3 aromatic rings. The molecule has 0 bridgehead atoms. The molecule has 2 aliphatic heterocycles. The number of anilines is 1. The fourth-order valence-corrected chi connectivity index (χ4v) is 4.99. The van der Waals surface area contributed by atoms with E-state index in [0.717, 1.165) is 30.2 Å². The summed E-state index contributed by atoms with van der Waals surface area (Å²) in [6.45, 7) is 6.41. The molecule has 0 unspecified atom stereocenters. The molecule has 12 nitrogen and oxygen atoms in total. The van der Waals surface area contributed by atoms with Crippen molar-refractivity contribution in [2.45, 2.75) is 0 Å². The third kappa shape index (κ3) is 6.95. The number of aromatic nitrogens is 2. The van der Waals surface area contributed by atoms with Crippen LogP contribution in [-0.4, -0.2) is 123 Å². The second-order valence-electron chi connectivity index (χ2n) is 9.87. The predicted molar refractivity (Wildman–Crippen MR) is 151 cm³/mol. The molecule has 2 fully saturated rings. The monoisotopic (exact) mass is 564 g/mol. The lowest BCUT2D eigenvalue weighted by molar-refractivity contribution is -0.132. The zero-order valence-corrected chi connectivity index (χ0v) is 23.5. The standard InChI is InChI=1S/C29H36N6O6/c1-38-24-7-5-22(20-26(24)39-2)23-6-8-27(31-30-23)33-11-13-34(14-12-33)28(36)21-35(29(37)25-4-3-17-41-25)10-9-32-15-18-40-19-16-32/h3-8,17,20H,9-16,18-19,21H2,1-2H3. The van der Waals surface area contributed by atoms with Crippen LogP contribution < -0.4 is 14.4 Å². The molecular formula is C29H36N6O6. The van der Waals surface area contributed by atoms with Crippen molar-refractivity contribution in [2.75, 3.05) is 91.2 Å². The molecule has 0 saturated carbocycles. The van der Waals surface area contributed by atoms with Crippen LogP contribution >= 0.6 is 0 Å². The van der Waals surface area contributed by atoms with Gasteiger partial charge < -0.3 is 33.3 Å². The van der Waals surface area contributed by atoms with Crippen LogP contribution in [0.5, 0.6) is 11.5 Å². The average Bonchev–Trinajstić information content (AvgIpc) is 3.58. The Hall–Kier alpha value is -4.16. The van der Waals surface area contributed by atoms with Gasteiger partial charge in [0, 0.05) is 57.9 Å². The maximum atomic E-state index is 13.3. The highest BCUT2D eigenvalue weighted by Crippen LogP contribution is 2.31. The first-order chi connectivity index (χ1) is 20.1. The Labute approximate surface area is 239 Å². The Morgan fingerprint density at radius 2 is 1.71 bits per heavy atom. The minimum Gasteiger partial charge on any atom is -0.493 e. The third-order valence-corrected chi connectivity index (χ3v) is 7.42. The van der Waals surface area contributed by atoms with Gasteiger partial charge in [-0.25, -0.2) is 0 Å². The minimum absolute atomic E-state index is 0.00367. The fourth-order valence-electron chi connectivity index (χ4n) is 4.99. The van der Waals surface area contributed by atoms with Crippen molar-refractivity contribution in [1.29, 1.82) is 0 Å². The van der Waals surface area contributed by atoms with E-state index in [0.29, 0.717) is 64.0 Å². The summed E-state index contributed by atoms with van der Waals surface area (Å²) in [5, 5.41) is 8.86. The van der Waals surface area contributed by atoms with E-state index in [1.807, 2.05) is 30.3 Å². The number of ether oxygens (including phenoxy) is 3. The first kappa shape index (κ1) is 28.4. The van der Waals surface area contributed by atoms with E-state index < -0.39 is 0 Å². The molecule has 0 atom stereocenters. The molecule has 0 spiro atoms. The third-order valence-electron chi connectivity index (χ3n) is 7.42. The number of hydrogen-bond acceptors (Lipinski definition) is 10. The van der Waals surface area contributed by atoms with Crippen molar-refractivity contribution >= 4 is 17.6 Å². The second kappa shape index (κ2) is 13.5. The van der Waals surface area contributed by atoms with Crippen LogP contribution in [0.25, 0.3) is 11.3 Å². The summed E-state index contributed by atoms with van der Waals surface area (Å²) < 4.78 is 21.5. The lowest BCUT2D eigenvalue weighted by Crippen LogP contribution is -2.53. The number of morpholine rings is 1. The van der Waals surface area contributed by atoms with Crippen molar-refractivity contribution in [3.63, 3.8) is 0 Å². The molecule has 4 heterocycles. The van der Waals surface area contributed by atoms with Gasteiger partial charge in [-0.2, -0.15) is 0 Å². The summed E-state index contributed by atoms with van der Waals surface area (Å²) in [6.07, 6.45) is 1.47. The van der Waals surface area contributed by atoms with Gasteiger partial charge in [-0.15, -0.1) is 10.2 Å². The van der Waals surface area contributed by atoms with Crippen LogP contribution in [-0.2, 0) is 9.53 Å². The van der Waals surface area contributed by atoms with Crippen LogP contribution in [0.3, 0.4) is 0 Å². The van der Waals surface area contributed by atoms with Crippen molar-refractivity contribution in [1.82, 2.24) is 24.9 Å².